The number of halogens is 1. The van der Waals surface area contributed by atoms with Gasteiger partial charge < -0.3 is 14.1 Å². The number of hydrogen-bond donors (Lipinski definition) is 0. The number of rotatable bonds is 7. The SMILES string of the molecule is CN(C(=O)CSc1nnc(-c2ccc(Cl)cc2)o1)c1ccc(Oc2ccccc2)cc1. The summed E-state index contributed by atoms with van der Waals surface area (Å²) in [5.41, 5.74) is 1.53. The van der Waals surface area contributed by atoms with Gasteiger partial charge in [-0.3, -0.25) is 4.79 Å². The Balaban J connectivity index is 1.33. The van der Waals surface area contributed by atoms with Crippen LogP contribution < -0.4 is 9.64 Å². The Morgan fingerprint density at radius 2 is 1.65 bits per heavy atom. The molecule has 156 valence electrons. The zero-order chi connectivity index (χ0) is 21.6. The van der Waals surface area contributed by atoms with E-state index in [9.17, 15) is 4.79 Å². The van der Waals surface area contributed by atoms with Gasteiger partial charge >= 0.3 is 0 Å². The normalized spacial score (nSPS) is 10.6. The quantitative estimate of drug-likeness (QED) is 0.324. The molecule has 0 aliphatic heterocycles. The van der Waals surface area contributed by atoms with Crippen LogP contribution in [0.4, 0.5) is 5.69 Å². The average molecular weight is 452 g/mol. The van der Waals surface area contributed by atoms with Gasteiger partial charge in [0.15, 0.2) is 0 Å². The van der Waals surface area contributed by atoms with E-state index in [4.69, 9.17) is 20.8 Å². The molecule has 1 amide bonds. The summed E-state index contributed by atoms with van der Waals surface area (Å²) in [6, 6.07) is 24.0. The summed E-state index contributed by atoms with van der Waals surface area (Å²) in [6.45, 7) is 0. The number of ether oxygens (including phenoxy) is 1. The fourth-order valence-corrected chi connectivity index (χ4v) is 3.51. The van der Waals surface area contributed by atoms with Crippen molar-refractivity contribution in [1.82, 2.24) is 10.2 Å². The van der Waals surface area contributed by atoms with E-state index in [0.717, 1.165) is 17.0 Å². The highest BCUT2D eigenvalue weighted by Gasteiger charge is 2.15. The lowest BCUT2D eigenvalue weighted by Crippen LogP contribution is -2.27. The second-order valence-corrected chi connectivity index (χ2v) is 7.89. The predicted octanol–water partition coefficient (Wildman–Crippen LogP) is 5.94. The molecular formula is C23H18ClN3O3S. The van der Waals surface area contributed by atoms with E-state index in [0.29, 0.717) is 21.9 Å². The van der Waals surface area contributed by atoms with Crippen molar-refractivity contribution in [1.29, 1.82) is 0 Å². The van der Waals surface area contributed by atoms with Crippen molar-refractivity contribution in [3.05, 3.63) is 83.9 Å². The molecule has 0 saturated carbocycles. The third-order valence-electron chi connectivity index (χ3n) is 4.39. The number of carbonyl (C=O) groups excluding carboxylic acids is 1. The van der Waals surface area contributed by atoms with Crippen LogP contribution in [0.3, 0.4) is 0 Å². The van der Waals surface area contributed by atoms with Crippen molar-refractivity contribution in [3.63, 3.8) is 0 Å². The number of thioether (sulfide) groups is 1. The molecule has 4 aromatic rings. The fourth-order valence-electron chi connectivity index (χ4n) is 2.70. The Morgan fingerprint density at radius 1 is 0.968 bits per heavy atom. The lowest BCUT2D eigenvalue weighted by molar-refractivity contribution is -0.115. The third kappa shape index (κ3) is 5.45. The van der Waals surface area contributed by atoms with Gasteiger partial charge in [-0.25, -0.2) is 0 Å². The Labute approximate surface area is 188 Å². The summed E-state index contributed by atoms with van der Waals surface area (Å²) in [4.78, 5) is 14.2. The van der Waals surface area contributed by atoms with Crippen LogP contribution in [-0.4, -0.2) is 28.9 Å². The largest absolute Gasteiger partial charge is 0.457 e. The van der Waals surface area contributed by atoms with Crippen LogP contribution in [0.25, 0.3) is 11.5 Å². The highest BCUT2D eigenvalue weighted by Crippen LogP contribution is 2.26. The number of benzene rings is 3. The molecule has 0 N–H and O–H groups in total. The van der Waals surface area contributed by atoms with Crippen molar-refractivity contribution >= 4 is 35.0 Å². The monoisotopic (exact) mass is 451 g/mol. The molecule has 0 atom stereocenters. The van der Waals surface area contributed by atoms with Gasteiger partial charge in [0.2, 0.25) is 11.8 Å². The topological polar surface area (TPSA) is 68.5 Å². The summed E-state index contributed by atoms with van der Waals surface area (Å²) >= 11 is 7.09. The molecule has 8 heteroatoms. The Hall–Kier alpha value is -3.29. The Kier molecular flexibility index (Phi) is 6.54. The van der Waals surface area contributed by atoms with Gasteiger partial charge in [0, 0.05) is 23.3 Å². The van der Waals surface area contributed by atoms with Gasteiger partial charge in [0.25, 0.3) is 5.22 Å². The number of aromatic nitrogens is 2. The predicted molar refractivity (Wildman–Crippen MR) is 122 cm³/mol. The van der Waals surface area contributed by atoms with Gasteiger partial charge in [0.05, 0.1) is 5.75 Å². The van der Waals surface area contributed by atoms with E-state index in [1.165, 1.54) is 11.8 Å². The van der Waals surface area contributed by atoms with E-state index in [1.54, 1.807) is 36.2 Å². The van der Waals surface area contributed by atoms with Crippen molar-refractivity contribution in [2.24, 2.45) is 0 Å². The second-order valence-electron chi connectivity index (χ2n) is 6.53. The number of para-hydroxylation sites is 1. The molecule has 0 fully saturated rings. The van der Waals surface area contributed by atoms with Crippen LogP contribution in [0.2, 0.25) is 5.02 Å². The number of anilines is 1. The second kappa shape index (κ2) is 9.68. The molecule has 0 radical (unpaired) electrons. The first-order valence-corrected chi connectivity index (χ1v) is 10.8. The standard InChI is InChI=1S/C23H18ClN3O3S/c1-27(18-11-13-20(14-12-18)29-19-5-3-2-4-6-19)21(28)15-31-23-26-25-22(30-23)16-7-9-17(24)10-8-16/h2-14H,15H2,1H3. The lowest BCUT2D eigenvalue weighted by Gasteiger charge is -2.17. The molecule has 6 nitrogen and oxygen atoms in total. The lowest BCUT2D eigenvalue weighted by atomic mass is 10.2. The summed E-state index contributed by atoms with van der Waals surface area (Å²) in [5.74, 6) is 1.92. The van der Waals surface area contributed by atoms with E-state index in [2.05, 4.69) is 10.2 Å². The highest BCUT2D eigenvalue weighted by atomic mass is 35.5. The van der Waals surface area contributed by atoms with Crippen LogP contribution in [0, 0.1) is 0 Å². The number of carbonyl (C=O) groups is 1. The van der Waals surface area contributed by atoms with Crippen molar-refractivity contribution in [3.8, 4) is 23.0 Å². The van der Waals surface area contributed by atoms with E-state index in [1.807, 2.05) is 54.6 Å². The molecule has 1 heterocycles. The molecular weight excluding hydrogens is 434 g/mol. The zero-order valence-electron chi connectivity index (χ0n) is 16.6. The molecule has 1 aromatic heterocycles. The molecule has 4 rings (SSSR count). The first-order valence-electron chi connectivity index (χ1n) is 9.40. The van der Waals surface area contributed by atoms with Gasteiger partial charge in [-0.05, 0) is 60.7 Å². The smallest absolute Gasteiger partial charge is 0.277 e. The molecule has 0 aliphatic carbocycles. The first kappa shape index (κ1) is 21.0. The summed E-state index contributed by atoms with van der Waals surface area (Å²) in [7, 11) is 1.73. The number of nitrogens with zero attached hydrogens (tertiary/aromatic N) is 3. The maximum absolute atomic E-state index is 12.6. The van der Waals surface area contributed by atoms with E-state index < -0.39 is 0 Å². The third-order valence-corrected chi connectivity index (χ3v) is 5.45. The van der Waals surface area contributed by atoms with Crippen LogP contribution in [-0.2, 0) is 4.79 Å². The molecule has 0 spiro atoms. The molecule has 3 aromatic carbocycles. The first-order chi connectivity index (χ1) is 15.1. The maximum atomic E-state index is 12.6. The molecule has 31 heavy (non-hydrogen) atoms. The summed E-state index contributed by atoms with van der Waals surface area (Å²) in [5, 5.41) is 8.98. The Morgan fingerprint density at radius 3 is 2.35 bits per heavy atom. The van der Waals surface area contributed by atoms with Gasteiger partial charge in [0.1, 0.15) is 11.5 Å². The molecule has 0 aliphatic rings. The highest BCUT2D eigenvalue weighted by molar-refractivity contribution is 7.99. The van der Waals surface area contributed by atoms with E-state index in [-0.39, 0.29) is 11.7 Å². The number of hydrogen-bond acceptors (Lipinski definition) is 6. The van der Waals surface area contributed by atoms with Crippen molar-refractivity contribution in [2.75, 3.05) is 17.7 Å². The summed E-state index contributed by atoms with van der Waals surface area (Å²) in [6.07, 6.45) is 0. The number of amides is 1. The van der Waals surface area contributed by atoms with Gasteiger partial charge in [-0.15, -0.1) is 10.2 Å². The van der Waals surface area contributed by atoms with Crippen LogP contribution >= 0.6 is 23.4 Å². The fraction of sp³-hybridized carbons (Fsp3) is 0.0870. The van der Waals surface area contributed by atoms with Crippen molar-refractivity contribution < 1.29 is 13.9 Å². The minimum absolute atomic E-state index is 0.0898. The minimum atomic E-state index is -0.0898. The van der Waals surface area contributed by atoms with E-state index >= 15 is 0 Å². The maximum Gasteiger partial charge on any atom is 0.277 e. The average Bonchev–Trinajstić information content (AvgIpc) is 3.28. The van der Waals surface area contributed by atoms with Crippen LogP contribution in [0.15, 0.2) is 88.5 Å². The molecule has 0 bridgehead atoms. The van der Waals surface area contributed by atoms with Gasteiger partial charge in [-0.1, -0.05) is 41.6 Å². The summed E-state index contributed by atoms with van der Waals surface area (Å²) < 4.78 is 11.4. The van der Waals surface area contributed by atoms with Crippen LogP contribution in [0.5, 0.6) is 11.5 Å². The minimum Gasteiger partial charge on any atom is -0.457 e. The van der Waals surface area contributed by atoms with Crippen LogP contribution in [0.1, 0.15) is 0 Å². The Bertz CT molecular complexity index is 1150. The zero-order valence-corrected chi connectivity index (χ0v) is 18.1. The molecule has 0 saturated heterocycles. The van der Waals surface area contributed by atoms with Gasteiger partial charge in [-0.2, -0.15) is 0 Å². The molecule has 0 unspecified atom stereocenters. The van der Waals surface area contributed by atoms with Crippen molar-refractivity contribution in [2.45, 2.75) is 5.22 Å².